The van der Waals surface area contributed by atoms with Crippen LogP contribution in [0.25, 0.3) is 0 Å². The average Bonchev–Trinajstić information content (AvgIpc) is 2.63. The van der Waals surface area contributed by atoms with Crippen molar-refractivity contribution in [3.8, 4) is 5.75 Å². The van der Waals surface area contributed by atoms with Gasteiger partial charge >= 0.3 is 0 Å². The fourth-order valence-corrected chi connectivity index (χ4v) is 3.78. The van der Waals surface area contributed by atoms with Crippen LogP contribution >= 0.6 is 22.6 Å². The summed E-state index contributed by atoms with van der Waals surface area (Å²) in [5.41, 5.74) is 7.53. The van der Waals surface area contributed by atoms with Gasteiger partial charge in [0.15, 0.2) is 6.61 Å². The minimum Gasteiger partial charge on any atom is -0.482 e. The van der Waals surface area contributed by atoms with Gasteiger partial charge in [0.25, 0.3) is 5.91 Å². The van der Waals surface area contributed by atoms with Crippen LogP contribution in [0.15, 0.2) is 42.5 Å². The van der Waals surface area contributed by atoms with Crippen LogP contribution < -0.4 is 10.5 Å². The molecule has 0 radical (unpaired) electrons. The molecular formula is C20H23FIN3O2. The maximum Gasteiger partial charge on any atom is 0.260 e. The van der Waals surface area contributed by atoms with E-state index in [0.717, 1.165) is 28.8 Å². The molecule has 0 aromatic heterocycles. The number of benzene rings is 2. The summed E-state index contributed by atoms with van der Waals surface area (Å²) in [5.74, 6) is 0.268. The van der Waals surface area contributed by atoms with Crippen molar-refractivity contribution >= 4 is 34.2 Å². The highest BCUT2D eigenvalue weighted by Crippen LogP contribution is 2.23. The normalized spacial score (nSPS) is 17.7. The zero-order valence-electron chi connectivity index (χ0n) is 15.2. The summed E-state index contributed by atoms with van der Waals surface area (Å²) < 4.78 is 19.7. The lowest BCUT2D eigenvalue weighted by molar-refractivity contribution is -0.137. The highest BCUT2D eigenvalue weighted by Gasteiger charge is 2.27. The molecule has 7 heteroatoms. The highest BCUT2D eigenvalue weighted by atomic mass is 127. The van der Waals surface area contributed by atoms with Gasteiger partial charge in [0.05, 0.1) is 5.69 Å². The van der Waals surface area contributed by atoms with Crippen molar-refractivity contribution in [1.82, 2.24) is 9.80 Å². The Morgan fingerprint density at radius 2 is 2.00 bits per heavy atom. The van der Waals surface area contributed by atoms with E-state index in [1.54, 1.807) is 18.2 Å². The molecule has 2 N–H and O–H groups in total. The van der Waals surface area contributed by atoms with Crippen molar-refractivity contribution in [1.29, 1.82) is 0 Å². The predicted molar refractivity (Wildman–Crippen MR) is 112 cm³/mol. The van der Waals surface area contributed by atoms with Gasteiger partial charge in [0.2, 0.25) is 0 Å². The van der Waals surface area contributed by atoms with E-state index in [2.05, 4.69) is 27.5 Å². The van der Waals surface area contributed by atoms with Crippen LogP contribution in [0.2, 0.25) is 0 Å². The standard InChI is InChI=1S/C20H23FIN3O2/c1-14-11-24(12-15-2-4-16(21)5-3-15)8-9-25(14)20(26)13-27-19-7-6-17(22)10-18(19)23/h2-7,10,14H,8-9,11-13,23H2,1H3/t14-/m1/s1. The molecule has 1 heterocycles. The van der Waals surface area contributed by atoms with Crippen LogP contribution in [0.3, 0.4) is 0 Å². The maximum atomic E-state index is 13.0. The van der Waals surface area contributed by atoms with Gasteiger partial charge in [0, 0.05) is 35.8 Å². The summed E-state index contributed by atoms with van der Waals surface area (Å²) in [5, 5.41) is 0. The summed E-state index contributed by atoms with van der Waals surface area (Å²) in [6, 6.07) is 12.1. The van der Waals surface area contributed by atoms with E-state index in [4.69, 9.17) is 10.5 Å². The summed E-state index contributed by atoms with van der Waals surface area (Å²) in [6.07, 6.45) is 0. The number of hydrogen-bond acceptors (Lipinski definition) is 4. The molecule has 1 aliphatic heterocycles. The Morgan fingerprint density at radius 3 is 2.67 bits per heavy atom. The fraction of sp³-hybridized carbons (Fsp3) is 0.350. The average molecular weight is 483 g/mol. The Labute approximate surface area is 172 Å². The Hall–Kier alpha value is -1.87. The van der Waals surface area contributed by atoms with Gasteiger partial charge in [-0.3, -0.25) is 9.69 Å². The van der Waals surface area contributed by atoms with Crippen molar-refractivity contribution in [2.24, 2.45) is 0 Å². The molecule has 0 saturated carbocycles. The van der Waals surface area contributed by atoms with E-state index in [9.17, 15) is 9.18 Å². The predicted octanol–water partition coefficient (Wildman–Crippen LogP) is 3.12. The molecule has 3 rings (SSSR count). The van der Waals surface area contributed by atoms with Crippen LogP contribution in [0.1, 0.15) is 12.5 Å². The minimum atomic E-state index is -0.226. The molecule has 1 aliphatic rings. The monoisotopic (exact) mass is 483 g/mol. The molecule has 2 aromatic carbocycles. The number of anilines is 1. The summed E-state index contributed by atoms with van der Waals surface area (Å²) in [4.78, 5) is 16.7. The molecule has 0 aliphatic carbocycles. The molecule has 1 saturated heterocycles. The number of rotatable bonds is 5. The Bertz CT molecular complexity index is 800. The first-order chi connectivity index (χ1) is 12.9. The number of halogens is 2. The summed E-state index contributed by atoms with van der Waals surface area (Å²) in [6.45, 7) is 4.96. The van der Waals surface area contributed by atoms with E-state index in [0.29, 0.717) is 18.0 Å². The molecular weight excluding hydrogens is 460 g/mol. The number of nitrogen functional groups attached to an aromatic ring is 1. The molecule has 1 fully saturated rings. The molecule has 0 bridgehead atoms. The van der Waals surface area contributed by atoms with Crippen molar-refractivity contribution in [2.45, 2.75) is 19.5 Å². The topological polar surface area (TPSA) is 58.8 Å². The third-order valence-electron chi connectivity index (χ3n) is 4.67. The third-order valence-corrected chi connectivity index (χ3v) is 5.35. The number of hydrogen-bond donors (Lipinski definition) is 1. The van der Waals surface area contributed by atoms with Crippen LogP contribution in [0.4, 0.5) is 10.1 Å². The lowest BCUT2D eigenvalue weighted by Crippen LogP contribution is -2.54. The second-order valence-electron chi connectivity index (χ2n) is 6.77. The van der Waals surface area contributed by atoms with Gasteiger partial charge in [-0.1, -0.05) is 12.1 Å². The molecule has 2 aromatic rings. The van der Waals surface area contributed by atoms with Crippen molar-refractivity contribution in [3.63, 3.8) is 0 Å². The smallest absolute Gasteiger partial charge is 0.260 e. The maximum absolute atomic E-state index is 13.0. The van der Waals surface area contributed by atoms with Gasteiger partial charge in [-0.25, -0.2) is 4.39 Å². The third kappa shape index (κ3) is 5.32. The highest BCUT2D eigenvalue weighted by molar-refractivity contribution is 14.1. The first kappa shape index (κ1) is 19.9. The quantitative estimate of drug-likeness (QED) is 0.525. The van der Waals surface area contributed by atoms with Crippen LogP contribution in [-0.4, -0.2) is 48.0 Å². The van der Waals surface area contributed by atoms with Crippen molar-refractivity contribution in [3.05, 3.63) is 57.4 Å². The van der Waals surface area contributed by atoms with Crippen molar-refractivity contribution in [2.75, 3.05) is 32.0 Å². The van der Waals surface area contributed by atoms with Gasteiger partial charge in [-0.15, -0.1) is 0 Å². The Morgan fingerprint density at radius 1 is 1.26 bits per heavy atom. The Balaban J connectivity index is 1.51. The fourth-order valence-electron chi connectivity index (χ4n) is 3.27. The number of ether oxygens (including phenoxy) is 1. The minimum absolute atomic E-state index is 0.0207. The first-order valence-corrected chi connectivity index (χ1v) is 9.94. The second-order valence-corrected chi connectivity index (χ2v) is 8.01. The number of nitrogens with zero attached hydrogens (tertiary/aromatic N) is 2. The molecule has 1 atom stereocenters. The number of nitrogens with two attached hydrogens (primary N) is 1. The molecule has 1 amide bonds. The van der Waals surface area contributed by atoms with Crippen molar-refractivity contribution < 1.29 is 13.9 Å². The largest absolute Gasteiger partial charge is 0.482 e. The summed E-state index contributed by atoms with van der Waals surface area (Å²) >= 11 is 2.18. The SMILES string of the molecule is C[C@@H]1CN(Cc2ccc(F)cc2)CCN1C(=O)COc1ccc(I)cc1N. The number of carbonyl (C=O) groups excluding carboxylic acids is 1. The van der Waals surface area contributed by atoms with E-state index < -0.39 is 0 Å². The van der Waals surface area contributed by atoms with E-state index >= 15 is 0 Å². The van der Waals surface area contributed by atoms with Gasteiger partial charge < -0.3 is 15.4 Å². The van der Waals surface area contributed by atoms with Crippen LogP contribution in [0, 0.1) is 9.39 Å². The Kier molecular flexibility index (Phi) is 6.54. The molecule has 5 nitrogen and oxygen atoms in total. The first-order valence-electron chi connectivity index (χ1n) is 8.86. The summed E-state index contributed by atoms with van der Waals surface area (Å²) in [7, 11) is 0. The number of piperazine rings is 1. The lowest BCUT2D eigenvalue weighted by atomic mass is 10.1. The molecule has 0 unspecified atom stereocenters. The second kappa shape index (κ2) is 8.88. The molecule has 27 heavy (non-hydrogen) atoms. The molecule has 144 valence electrons. The van der Waals surface area contributed by atoms with E-state index in [1.165, 1.54) is 12.1 Å². The van der Waals surface area contributed by atoms with E-state index in [1.807, 2.05) is 24.0 Å². The van der Waals surface area contributed by atoms with Crippen LogP contribution in [-0.2, 0) is 11.3 Å². The number of carbonyl (C=O) groups is 1. The molecule has 0 spiro atoms. The van der Waals surface area contributed by atoms with E-state index in [-0.39, 0.29) is 24.4 Å². The van der Waals surface area contributed by atoms with Crippen LogP contribution in [0.5, 0.6) is 5.75 Å². The zero-order chi connectivity index (χ0) is 19.4. The number of amides is 1. The zero-order valence-corrected chi connectivity index (χ0v) is 17.4. The van der Waals surface area contributed by atoms with Gasteiger partial charge in [0.1, 0.15) is 11.6 Å². The lowest BCUT2D eigenvalue weighted by Gasteiger charge is -2.39. The van der Waals surface area contributed by atoms with Gasteiger partial charge in [-0.05, 0) is 65.4 Å². The van der Waals surface area contributed by atoms with Gasteiger partial charge in [-0.2, -0.15) is 0 Å².